The summed E-state index contributed by atoms with van der Waals surface area (Å²) in [6.07, 6.45) is 1.13. The topological polar surface area (TPSA) is 86.5 Å². The lowest BCUT2D eigenvalue weighted by Crippen LogP contribution is -1.98. The van der Waals surface area contributed by atoms with E-state index in [1.54, 1.807) is 18.2 Å². The molecule has 0 atom stereocenters. The first-order chi connectivity index (χ1) is 11.0. The molecule has 116 valence electrons. The van der Waals surface area contributed by atoms with Gasteiger partial charge in [0, 0.05) is 23.6 Å². The number of aryl methyl sites for hydroxylation is 1. The fourth-order valence-electron chi connectivity index (χ4n) is 2.59. The molecule has 0 amide bonds. The molecule has 6 nitrogen and oxygen atoms in total. The molecule has 2 aromatic rings. The number of nitrogens with zero attached hydrogens (tertiary/aromatic N) is 1. The van der Waals surface area contributed by atoms with Crippen LogP contribution in [0.25, 0.3) is 0 Å². The van der Waals surface area contributed by atoms with Gasteiger partial charge in [-0.05, 0) is 49.2 Å². The molecule has 0 bridgehead atoms. The van der Waals surface area contributed by atoms with Crippen LogP contribution in [0.5, 0.6) is 11.5 Å². The Bertz CT molecular complexity index is 841. The van der Waals surface area contributed by atoms with Crippen LogP contribution in [0.15, 0.2) is 36.4 Å². The number of hydrogen-bond acceptors (Lipinski definition) is 5. The third-order valence-electron chi connectivity index (χ3n) is 3.79. The Balaban J connectivity index is 1.95. The van der Waals surface area contributed by atoms with Crippen LogP contribution in [-0.4, -0.2) is 16.5 Å². The van der Waals surface area contributed by atoms with Gasteiger partial charge in [-0.15, -0.1) is 0 Å². The van der Waals surface area contributed by atoms with E-state index in [1.165, 1.54) is 25.1 Å². The Kier molecular flexibility index (Phi) is 3.65. The minimum atomic E-state index is -0.585. The highest BCUT2D eigenvalue weighted by Gasteiger charge is 2.21. The van der Waals surface area contributed by atoms with Crippen LogP contribution >= 0.6 is 0 Å². The molecule has 2 aromatic carbocycles. The van der Waals surface area contributed by atoms with Crippen molar-refractivity contribution in [2.75, 3.05) is 0 Å². The second-order valence-corrected chi connectivity index (χ2v) is 5.34. The van der Waals surface area contributed by atoms with Crippen molar-refractivity contribution in [3.63, 3.8) is 0 Å². The number of carbonyl (C=O) groups is 2. The summed E-state index contributed by atoms with van der Waals surface area (Å²) in [5, 5.41) is 11.2. The molecule has 1 aliphatic carbocycles. The van der Waals surface area contributed by atoms with Crippen LogP contribution in [0, 0.1) is 10.1 Å². The van der Waals surface area contributed by atoms with E-state index >= 15 is 0 Å². The molecular formula is C17H13NO5. The van der Waals surface area contributed by atoms with E-state index in [0.29, 0.717) is 24.2 Å². The van der Waals surface area contributed by atoms with E-state index in [0.717, 1.165) is 5.56 Å². The van der Waals surface area contributed by atoms with Crippen LogP contribution in [0.4, 0.5) is 5.69 Å². The summed E-state index contributed by atoms with van der Waals surface area (Å²) in [6.45, 7) is 1.34. The number of fused-ring (bicyclic) bond motifs is 1. The third kappa shape index (κ3) is 2.83. The highest BCUT2D eigenvalue weighted by Crippen LogP contribution is 2.34. The Hall–Kier alpha value is -3.02. The Morgan fingerprint density at radius 1 is 1.17 bits per heavy atom. The quantitative estimate of drug-likeness (QED) is 0.488. The molecule has 0 spiro atoms. The lowest BCUT2D eigenvalue weighted by atomic mass is 10.1. The van der Waals surface area contributed by atoms with E-state index in [1.807, 2.05) is 0 Å². The summed E-state index contributed by atoms with van der Waals surface area (Å²) in [6, 6.07) is 9.12. The van der Waals surface area contributed by atoms with Crippen molar-refractivity contribution in [2.45, 2.75) is 19.8 Å². The summed E-state index contributed by atoms with van der Waals surface area (Å²) in [7, 11) is 0. The van der Waals surface area contributed by atoms with Gasteiger partial charge in [-0.1, -0.05) is 0 Å². The minimum Gasteiger partial charge on any atom is -0.450 e. The molecule has 0 saturated carbocycles. The first kappa shape index (κ1) is 14.9. The van der Waals surface area contributed by atoms with Crippen LogP contribution < -0.4 is 4.74 Å². The van der Waals surface area contributed by atoms with Gasteiger partial charge in [0.05, 0.1) is 4.92 Å². The van der Waals surface area contributed by atoms with Gasteiger partial charge in [0.25, 0.3) is 0 Å². The number of benzene rings is 2. The van der Waals surface area contributed by atoms with Crippen LogP contribution in [0.1, 0.15) is 39.6 Å². The summed E-state index contributed by atoms with van der Waals surface area (Å²) >= 11 is 0. The average Bonchev–Trinajstić information content (AvgIpc) is 2.88. The Morgan fingerprint density at radius 3 is 2.65 bits per heavy atom. The summed E-state index contributed by atoms with van der Waals surface area (Å²) in [5.41, 5.74) is 1.55. The smallest absolute Gasteiger partial charge is 0.312 e. The monoisotopic (exact) mass is 311 g/mol. The predicted molar refractivity (Wildman–Crippen MR) is 82.3 cm³/mol. The van der Waals surface area contributed by atoms with Crippen molar-refractivity contribution >= 4 is 17.3 Å². The fraction of sp³-hybridized carbons (Fsp3) is 0.176. The number of carbonyl (C=O) groups excluding carboxylic acids is 2. The number of Topliss-reactive ketones (excluding diaryl/α,β-unsaturated/α-hetero) is 2. The molecule has 3 rings (SSSR count). The van der Waals surface area contributed by atoms with Crippen molar-refractivity contribution in [3.8, 4) is 11.5 Å². The van der Waals surface area contributed by atoms with E-state index in [2.05, 4.69) is 0 Å². The van der Waals surface area contributed by atoms with Crippen LogP contribution in [-0.2, 0) is 6.42 Å². The average molecular weight is 311 g/mol. The highest BCUT2D eigenvalue weighted by atomic mass is 16.6. The SMILES string of the molecule is CC(=O)c1ccc(Oc2ccc3c(c2)CCC3=O)c([N+](=O)[O-])c1. The van der Waals surface area contributed by atoms with E-state index < -0.39 is 4.92 Å². The van der Waals surface area contributed by atoms with Gasteiger partial charge >= 0.3 is 5.69 Å². The molecule has 1 aliphatic rings. The predicted octanol–water partition coefficient (Wildman–Crippen LogP) is 3.72. The maximum Gasteiger partial charge on any atom is 0.312 e. The van der Waals surface area contributed by atoms with Crippen LogP contribution in [0.2, 0.25) is 0 Å². The van der Waals surface area contributed by atoms with Crippen molar-refractivity contribution in [2.24, 2.45) is 0 Å². The van der Waals surface area contributed by atoms with E-state index in [-0.39, 0.29) is 28.6 Å². The van der Waals surface area contributed by atoms with Crippen molar-refractivity contribution < 1.29 is 19.2 Å². The molecular weight excluding hydrogens is 298 g/mol. The molecule has 0 N–H and O–H groups in total. The molecule has 6 heteroatoms. The molecule has 0 radical (unpaired) electrons. The maximum absolute atomic E-state index is 11.6. The molecule has 23 heavy (non-hydrogen) atoms. The van der Waals surface area contributed by atoms with Gasteiger partial charge in [0.1, 0.15) is 5.75 Å². The molecule has 0 saturated heterocycles. The van der Waals surface area contributed by atoms with Crippen LogP contribution in [0.3, 0.4) is 0 Å². The normalized spacial score (nSPS) is 12.8. The van der Waals surface area contributed by atoms with E-state index in [9.17, 15) is 19.7 Å². The summed E-state index contributed by atoms with van der Waals surface area (Å²) in [5.74, 6) is 0.334. The zero-order valence-corrected chi connectivity index (χ0v) is 12.4. The van der Waals surface area contributed by atoms with Gasteiger partial charge in [0.15, 0.2) is 11.6 Å². The maximum atomic E-state index is 11.6. The van der Waals surface area contributed by atoms with Gasteiger partial charge in [-0.25, -0.2) is 0 Å². The Morgan fingerprint density at radius 2 is 1.96 bits per heavy atom. The lowest BCUT2D eigenvalue weighted by molar-refractivity contribution is -0.385. The number of ether oxygens (including phenoxy) is 1. The van der Waals surface area contributed by atoms with Gasteiger partial charge in [-0.3, -0.25) is 19.7 Å². The zero-order chi connectivity index (χ0) is 16.6. The lowest BCUT2D eigenvalue weighted by Gasteiger charge is -2.08. The number of nitro groups is 1. The van der Waals surface area contributed by atoms with Crippen molar-refractivity contribution in [1.82, 2.24) is 0 Å². The molecule has 0 heterocycles. The Labute approximate surface area is 131 Å². The van der Waals surface area contributed by atoms with Gasteiger partial charge < -0.3 is 4.74 Å². The summed E-state index contributed by atoms with van der Waals surface area (Å²) in [4.78, 5) is 33.6. The molecule has 0 fully saturated rings. The number of hydrogen-bond donors (Lipinski definition) is 0. The first-order valence-corrected chi connectivity index (χ1v) is 7.09. The number of nitro benzene ring substituents is 1. The molecule has 0 aromatic heterocycles. The standard InChI is InChI=1S/C17H13NO5/c1-10(19)11-3-7-17(15(9-11)18(21)22)23-13-4-5-14-12(8-13)2-6-16(14)20/h3-5,7-9H,2,6H2,1H3. The molecule has 0 unspecified atom stereocenters. The van der Waals surface area contributed by atoms with Crippen molar-refractivity contribution in [1.29, 1.82) is 0 Å². The minimum absolute atomic E-state index is 0.0595. The van der Waals surface area contributed by atoms with Gasteiger partial charge in [0.2, 0.25) is 5.75 Å². The fourth-order valence-corrected chi connectivity index (χ4v) is 2.59. The zero-order valence-electron chi connectivity index (χ0n) is 12.4. The second-order valence-electron chi connectivity index (χ2n) is 5.34. The van der Waals surface area contributed by atoms with E-state index in [4.69, 9.17) is 4.74 Å². The van der Waals surface area contributed by atoms with Gasteiger partial charge in [-0.2, -0.15) is 0 Å². The second kappa shape index (κ2) is 5.64. The number of ketones is 2. The van der Waals surface area contributed by atoms with Crippen molar-refractivity contribution in [3.05, 3.63) is 63.2 Å². The third-order valence-corrected chi connectivity index (χ3v) is 3.79. The summed E-state index contributed by atoms with van der Waals surface area (Å²) < 4.78 is 5.60. The highest BCUT2D eigenvalue weighted by molar-refractivity contribution is 6.00. The molecule has 0 aliphatic heterocycles. The largest absolute Gasteiger partial charge is 0.450 e. The number of rotatable bonds is 4. The first-order valence-electron chi connectivity index (χ1n) is 7.09.